The molecule has 0 aromatic heterocycles. The molecule has 0 fully saturated rings. The van der Waals surface area contributed by atoms with E-state index >= 15 is 0 Å². The molecule has 0 aliphatic heterocycles. The summed E-state index contributed by atoms with van der Waals surface area (Å²) < 4.78 is 0. The third-order valence-electron chi connectivity index (χ3n) is 2.43. The lowest BCUT2D eigenvalue weighted by Gasteiger charge is -2.03. The van der Waals surface area contributed by atoms with Crippen LogP contribution in [0.3, 0.4) is 0 Å². The number of hydrogen-bond donors (Lipinski definition) is 2. The highest BCUT2D eigenvalue weighted by molar-refractivity contribution is 6.42. The predicted octanol–water partition coefficient (Wildman–Crippen LogP) is 4.80. The molecule has 0 saturated carbocycles. The molecule has 108 valence electrons. The van der Waals surface area contributed by atoms with Gasteiger partial charge in [0.2, 0.25) is 0 Å². The average Bonchev–Trinajstić information content (AvgIpc) is 2.45. The van der Waals surface area contributed by atoms with Gasteiger partial charge in [-0.25, -0.2) is 10.2 Å². The minimum absolute atomic E-state index is 0.422. The third kappa shape index (κ3) is 4.93. The van der Waals surface area contributed by atoms with Crippen LogP contribution >= 0.6 is 34.8 Å². The minimum Gasteiger partial charge on any atom is -0.307 e. The number of nitrogens with one attached hydrogen (secondary N) is 2. The number of rotatable bonds is 3. The minimum atomic E-state index is -0.464. The monoisotopic (exact) mass is 341 g/mol. The van der Waals surface area contributed by atoms with Gasteiger partial charge in [-0.15, -0.1) is 0 Å². The molecular formula is C14H10Cl3N3O. The van der Waals surface area contributed by atoms with Crippen LogP contribution in [-0.2, 0) is 0 Å². The van der Waals surface area contributed by atoms with Crippen LogP contribution in [0.1, 0.15) is 5.56 Å². The number of anilines is 1. The van der Waals surface area contributed by atoms with E-state index in [1.807, 2.05) is 0 Å². The number of carbonyl (C=O) groups excluding carboxylic acids is 1. The Morgan fingerprint density at radius 1 is 1.00 bits per heavy atom. The lowest BCUT2D eigenvalue weighted by Crippen LogP contribution is -2.24. The highest BCUT2D eigenvalue weighted by Crippen LogP contribution is 2.21. The molecule has 0 atom stereocenters. The first kappa shape index (κ1) is 15.6. The normalized spacial score (nSPS) is 10.6. The number of benzene rings is 2. The van der Waals surface area contributed by atoms with Gasteiger partial charge in [0.25, 0.3) is 0 Å². The van der Waals surface area contributed by atoms with Crippen LogP contribution in [-0.4, -0.2) is 12.2 Å². The Morgan fingerprint density at radius 2 is 1.71 bits per heavy atom. The number of amides is 2. The summed E-state index contributed by atoms with van der Waals surface area (Å²) in [6.07, 6.45) is 1.46. The van der Waals surface area contributed by atoms with E-state index in [4.69, 9.17) is 34.8 Å². The van der Waals surface area contributed by atoms with Gasteiger partial charge in [0, 0.05) is 10.7 Å². The lowest BCUT2D eigenvalue weighted by atomic mass is 10.2. The van der Waals surface area contributed by atoms with Gasteiger partial charge < -0.3 is 5.32 Å². The predicted molar refractivity (Wildman–Crippen MR) is 87.7 cm³/mol. The molecule has 2 N–H and O–H groups in total. The molecule has 0 aliphatic carbocycles. The SMILES string of the molecule is O=C(NN=Cc1ccc(Cl)c(Cl)c1)Nc1ccc(Cl)cc1. The van der Waals surface area contributed by atoms with E-state index in [2.05, 4.69) is 15.8 Å². The summed E-state index contributed by atoms with van der Waals surface area (Å²) in [4.78, 5) is 11.6. The lowest BCUT2D eigenvalue weighted by molar-refractivity contribution is 0.252. The van der Waals surface area contributed by atoms with Gasteiger partial charge in [-0.05, 0) is 42.0 Å². The van der Waals surface area contributed by atoms with Gasteiger partial charge in [-0.3, -0.25) is 0 Å². The highest BCUT2D eigenvalue weighted by atomic mass is 35.5. The zero-order chi connectivity index (χ0) is 15.2. The molecule has 21 heavy (non-hydrogen) atoms. The van der Waals surface area contributed by atoms with E-state index in [0.717, 1.165) is 5.56 Å². The summed E-state index contributed by atoms with van der Waals surface area (Å²) in [6, 6.07) is 11.3. The van der Waals surface area contributed by atoms with Gasteiger partial charge in [-0.2, -0.15) is 5.10 Å². The van der Waals surface area contributed by atoms with E-state index in [1.54, 1.807) is 42.5 Å². The van der Waals surface area contributed by atoms with Gasteiger partial charge in [0.15, 0.2) is 0 Å². The second-order valence-electron chi connectivity index (χ2n) is 4.00. The first-order chi connectivity index (χ1) is 10.0. The summed E-state index contributed by atoms with van der Waals surface area (Å²) in [5.74, 6) is 0. The Bertz CT molecular complexity index is 672. The Morgan fingerprint density at radius 3 is 2.38 bits per heavy atom. The molecule has 0 radical (unpaired) electrons. The summed E-state index contributed by atoms with van der Waals surface area (Å²) >= 11 is 17.4. The van der Waals surface area contributed by atoms with E-state index < -0.39 is 6.03 Å². The average molecular weight is 343 g/mol. The number of halogens is 3. The fraction of sp³-hybridized carbons (Fsp3) is 0. The Hall–Kier alpha value is -1.75. The van der Waals surface area contributed by atoms with Crippen molar-refractivity contribution >= 4 is 52.7 Å². The third-order valence-corrected chi connectivity index (χ3v) is 3.42. The molecule has 0 heterocycles. The van der Waals surface area contributed by atoms with Crippen molar-refractivity contribution in [2.75, 3.05) is 5.32 Å². The van der Waals surface area contributed by atoms with Crippen LogP contribution in [0.15, 0.2) is 47.6 Å². The van der Waals surface area contributed by atoms with Crippen molar-refractivity contribution in [1.29, 1.82) is 0 Å². The molecule has 4 nitrogen and oxygen atoms in total. The number of nitrogens with zero attached hydrogens (tertiary/aromatic N) is 1. The van der Waals surface area contributed by atoms with Gasteiger partial charge >= 0.3 is 6.03 Å². The van der Waals surface area contributed by atoms with E-state index in [9.17, 15) is 4.79 Å². The molecule has 0 saturated heterocycles. The van der Waals surface area contributed by atoms with Crippen molar-refractivity contribution in [2.45, 2.75) is 0 Å². The van der Waals surface area contributed by atoms with Crippen LogP contribution in [0.4, 0.5) is 10.5 Å². The summed E-state index contributed by atoms with van der Waals surface area (Å²) in [5, 5.41) is 7.90. The van der Waals surface area contributed by atoms with Crippen molar-refractivity contribution in [3.63, 3.8) is 0 Å². The van der Waals surface area contributed by atoms with E-state index in [0.29, 0.717) is 20.8 Å². The quantitative estimate of drug-likeness (QED) is 0.611. The molecule has 2 amide bonds. The Balaban J connectivity index is 1.89. The van der Waals surface area contributed by atoms with Gasteiger partial charge in [0.05, 0.1) is 16.3 Å². The van der Waals surface area contributed by atoms with Crippen LogP contribution in [0.25, 0.3) is 0 Å². The van der Waals surface area contributed by atoms with Gasteiger partial charge in [-0.1, -0.05) is 40.9 Å². The highest BCUT2D eigenvalue weighted by Gasteiger charge is 2.00. The maximum absolute atomic E-state index is 11.6. The second kappa shape index (κ2) is 7.31. The summed E-state index contributed by atoms with van der Waals surface area (Å²) in [5.41, 5.74) is 3.67. The topological polar surface area (TPSA) is 53.5 Å². The number of urea groups is 1. The van der Waals surface area contributed by atoms with E-state index in [-0.39, 0.29) is 0 Å². The Labute approximate surface area is 136 Å². The van der Waals surface area contributed by atoms with Crippen LogP contribution in [0.5, 0.6) is 0 Å². The smallest absolute Gasteiger partial charge is 0.307 e. The van der Waals surface area contributed by atoms with Crippen LogP contribution in [0.2, 0.25) is 15.1 Å². The number of hydrogen-bond acceptors (Lipinski definition) is 2. The fourth-order valence-electron chi connectivity index (χ4n) is 1.45. The molecule has 0 spiro atoms. The molecule has 7 heteroatoms. The largest absolute Gasteiger partial charge is 0.339 e. The first-order valence-corrected chi connectivity index (χ1v) is 6.98. The Kier molecular flexibility index (Phi) is 5.44. The van der Waals surface area contributed by atoms with Crippen molar-refractivity contribution < 1.29 is 4.79 Å². The summed E-state index contributed by atoms with van der Waals surface area (Å²) in [7, 11) is 0. The van der Waals surface area contributed by atoms with Crippen LogP contribution < -0.4 is 10.7 Å². The zero-order valence-corrected chi connectivity index (χ0v) is 12.9. The maximum Gasteiger partial charge on any atom is 0.339 e. The van der Waals surface area contributed by atoms with Crippen LogP contribution in [0, 0.1) is 0 Å². The van der Waals surface area contributed by atoms with Crippen molar-refractivity contribution in [2.24, 2.45) is 5.10 Å². The first-order valence-electron chi connectivity index (χ1n) is 5.85. The maximum atomic E-state index is 11.6. The molecule has 2 rings (SSSR count). The number of carbonyl (C=O) groups is 1. The second-order valence-corrected chi connectivity index (χ2v) is 5.26. The van der Waals surface area contributed by atoms with Crippen molar-refractivity contribution in [3.8, 4) is 0 Å². The fourth-order valence-corrected chi connectivity index (χ4v) is 1.88. The standard InChI is InChI=1S/C14H10Cl3N3O/c15-10-2-4-11(5-3-10)19-14(21)20-18-8-9-1-6-12(16)13(17)7-9/h1-8H,(H2,19,20,21). The number of hydrazone groups is 1. The zero-order valence-electron chi connectivity index (χ0n) is 10.6. The molecular weight excluding hydrogens is 333 g/mol. The molecule has 2 aromatic carbocycles. The molecule has 0 aliphatic rings. The summed E-state index contributed by atoms with van der Waals surface area (Å²) in [6.45, 7) is 0. The molecule has 2 aromatic rings. The van der Waals surface area contributed by atoms with Gasteiger partial charge in [0.1, 0.15) is 0 Å². The molecule has 0 unspecified atom stereocenters. The van der Waals surface area contributed by atoms with E-state index in [1.165, 1.54) is 6.21 Å². The van der Waals surface area contributed by atoms with Crippen molar-refractivity contribution in [1.82, 2.24) is 5.43 Å². The molecule has 0 bridgehead atoms. The van der Waals surface area contributed by atoms with Crippen molar-refractivity contribution in [3.05, 3.63) is 63.1 Å².